The molecule has 15 heavy (non-hydrogen) atoms. The van der Waals surface area contributed by atoms with E-state index in [1.165, 1.54) is 43.9 Å². The number of aryl methyl sites for hydroxylation is 1. The molecule has 1 aromatic rings. The molecule has 2 heterocycles. The van der Waals surface area contributed by atoms with Gasteiger partial charge in [-0.3, -0.25) is 0 Å². The Morgan fingerprint density at radius 1 is 1.27 bits per heavy atom. The van der Waals surface area contributed by atoms with E-state index in [1.54, 1.807) is 0 Å². The van der Waals surface area contributed by atoms with E-state index in [-0.39, 0.29) is 0 Å². The Labute approximate surface area is 91.3 Å². The molecule has 1 aromatic carbocycles. The van der Waals surface area contributed by atoms with Gasteiger partial charge in [-0.2, -0.15) is 0 Å². The van der Waals surface area contributed by atoms with Crippen LogP contribution in [0.2, 0.25) is 0 Å². The average Bonchev–Trinajstić information content (AvgIpc) is 2.65. The summed E-state index contributed by atoms with van der Waals surface area (Å²) in [5, 5.41) is 3.47. The van der Waals surface area contributed by atoms with Crippen molar-refractivity contribution >= 4 is 5.69 Å². The molecule has 1 N–H and O–H groups in total. The minimum absolute atomic E-state index is 0.599. The highest BCUT2D eigenvalue weighted by Gasteiger charge is 2.44. The summed E-state index contributed by atoms with van der Waals surface area (Å²) >= 11 is 0. The van der Waals surface area contributed by atoms with E-state index >= 15 is 0 Å². The van der Waals surface area contributed by atoms with E-state index in [0.717, 1.165) is 0 Å². The van der Waals surface area contributed by atoms with Crippen LogP contribution in [0.25, 0.3) is 0 Å². The number of hydrogen-bond donors (Lipinski definition) is 1. The minimum atomic E-state index is 0.599. The van der Waals surface area contributed by atoms with Crippen molar-refractivity contribution in [3.8, 4) is 0 Å². The first-order valence-electron chi connectivity index (χ1n) is 5.80. The lowest BCUT2D eigenvalue weighted by Crippen LogP contribution is -2.57. The monoisotopic (exact) mass is 202 g/mol. The predicted molar refractivity (Wildman–Crippen MR) is 63.3 cm³/mol. The van der Waals surface area contributed by atoms with Gasteiger partial charge in [-0.15, -0.1) is 0 Å². The zero-order valence-electron chi connectivity index (χ0n) is 9.29. The molecule has 0 saturated carbocycles. The molecule has 0 aromatic heterocycles. The second-order valence-corrected chi connectivity index (χ2v) is 5.07. The Bertz CT molecular complexity index is 359. The summed E-state index contributed by atoms with van der Waals surface area (Å²) in [7, 11) is 0. The summed E-state index contributed by atoms with van der Waals surface area (Å²) in [6, 6.07) is 8.70. The summed E-state index contributed by atoms with van der Waals surface area (Å²) in [4.78, 5) is 2.52. The Hall–Kier alpha value is -1.02. The molecule has 2 heteroatoms. The maximum Gasteiger partial charge on any atom is 0.0396 e. The topological polar surface area (TPSA) is 15.3 Å². The maximum absolute atomic E-state index is 3.47. The summed E-state index contributed by atoms with van der Waals surface area (Å²) in [5.41, 5.74) is 3.43. The summed E-state index contributed by atoms with van der Waals surface area (Å²) in [6.45, 7) is 7.11. The molecule has 2 aliphatic rings. The highest BCUT2D eigenvalue weighted by atomic mass is 15.2. The van der Waals surface area contributed by atoms with Crippen LogP contribution in [0.5, 0.6) is 0 Å². The largest absolute Gasteiger partial charge is 0.370 e. The number of rotatable bonds is 1. The molecule has 0 unspecified atom stereocenters. The van der Waals surface area contributed by atoms with E-state index in [0.29, 0.717) is 5.41 Å². The highest BCUT2D eigenvalue weighted by Crippen LogP contribution is 2.39. The van der Waals surface area contributed by atoms with Crippen molar-refractivity contribution in [3.05, 3.63) is 29.8 Å². The molecular weight excluding hydrogens is 184 g/mol. The van der Waals surface area contributed by atoms with Gasteiger partial charge >= 0.3 is 0 Å². The molecule has 2 aliphatic heterocycles. The number of nitrogens with one attached hydrogen (secondary N) is 1. The van der Waals surface area contributed by atoms with Crippen molar-refractivity contribution in [2.75, 3.05) is 31.1 Å². The van der Waals surface area contributed by atoms with Crippen LogP contribution in [0.4, 0.5) is 5.69 Å². The number of nitrogens with zero attached hydrogens (tertiary/aromatic N) is 1. The van der Waals surface area contributed by atoms with Crippen LogP contribution in [0.15, 0.2) is 24.3 Å². The average molecular weight is 202 g/mol. The van der Waals surface area contributed by atoms with E-state index in [9.17, 15) is 0 Å². The number of anilines is 1. The highest BCUT2D eigenvalue weighted by molar-refractivity contribution is 5.55. The Balaban J connectivity index is 1.75. The van der Waals surface area contributed by atoms with Crippen molar-refractivity contribution in [2.45, 2.75) is 13.3 Å². The van der Waals surface area contributed by atoms with E-state index in [1.807, 2.05) is 0 Å². The predicted octanol–water partition coefficient (Wildman–Crippen LogP) is 1.79. The van der Waals surface area contributed by atoms with Gasteiger partial charge in [0.2, 0.25) is 0 Å². The third kappa shape index (κ3) is 1.44. The molecule has 80 valence electrons. The zero-order valence-corrected chi connectivity index (χ0v) is 9.29. The first-order valence-corrected chi connectivity index (χ1v) is 5.80. The van der Waals surface area contributed by atoms with Crippen molar-refractivity contribution in [1.82, 2.24) is 5.32 Å². The maximum atomic E-state index is 3.47. The van der Waals surface area contributed by atoms with Crippen molar-refractivity contribution < 1.29 is 0 Å². The van der Waals surface area contributed by atoms with Crippen LogP contribution in [0, 0.1) is 12.3 Å². The molecule has 2 nitrogen and oxygen atoms in total. The standard InChI is InChI=1S/C13H18N2/c1-11-4-2-3-5-12(11)15-9-13(10-15)6-7-14-8-13/h2-5,14H,6-10H2,1H3. The second-order valence-electron chi connectivity index (χ2n) is 5.07. The fourth-order valence-electron chi connectivity index (χ4n) is 2.92. The van der Waals surface area contributed by atoms with Crippen LogP contribution in [-0.4, -0.2) is 26.2 Å². The molecule has 0 atom stereocenters. The smallest absolute Gasteiger partial charge is 0.0396 e. The third-order valence-electron chi connectivity index (χ3n) is 3.84. The van der Waals surface area contributed by atoms with Crippen molar-refractivity contribution in [2.24, 2.45) is 5.41 Å². The molecule has 1 spiro atoms. The Kier molecular flexibility index (Phi) is 1.99. The van der Waals surface area contributed by atoms with Gasteiger partial charge < -0.3 is 10.2 Å². The molecule has 2 saturated heterocycles. The van der Waals surface area contributed by atoms with Gasteiger partial charge in [-0.1, -0.05) is 18.2 Å². The molecular formula is C13H18N2. The van der Waals surface area contributed by atoms with Crippen LogP contribution in [0.1, 0.15) is 12.0 Å². The van der Waals surface area contributed by atoms with Gasteiger partial charge in [0.15, 0.2) is 0 Å². The quantitative estimate of drug-likeness (QED) is 0.747. The van der Waals surface area contributed by atoms with E-state index in [4.69, 9.17) is 0 Å². The van der Waals surface area contributed by atoms with E-state index < -0.39 is 0 Å². The molecule has 0 bridgehead atoms. The lowest BCUT2D eigenvalue weighted by molar-refractivity contribution is 0.243. The molecule has 3 rings (SSSR count). The van der Waals surface area contributed by atoms with Gasteiger partial charge in [0.05, 0.1) is 0 Å². The fraction of sp³-hybridized carbons (Fsp3) is 0.538. The normalized spacial score (nSPS) is 23.1. The van der Waals surface area contributed by atoms with Gasteiger partial charge in [-0.05, 0) is 31.5 Å². The molecule has 0 radical (unpaired) electrons. The molecule has 0 aliphatic carbocycles. The van der Waals surface area contributed by atoms with Crippen LogP contribution in [0.3, 0.4) is 0 Å². The van der Waals surface area contributed by atoms with Gasteiger partial charge in [-0.25, -0.2) is 0 Å². The lowest BCUT2D eigenvalue weighted by atomic mass is 9.78. The third-order valence-corrected chi connectivity index (χ3v) is 3.84. The second kappa shape index (κ2) is 3.24. The van der Waals surface area contributed by atoms with Crippen LogP contribution >= 0.6 is 0 Å². The fourth-order valence-corrected chi connectivity index (χ4v) is 2.92. The Morgan fingerprint density at radius 3 is 2.73 bits per heavy atom. The van der Waals surface area contributed by atoms with E-state index in [2.05, 4.69) is 41.4 Å². The summed E-state index contributed by atoms with van der Waals surface area (Å²) in [6.07, 6.45) is 1.36. The molecule has 2 fully saturated rings. The number of hydrogen-bond acceptors (Lipinski definition) is 2. The summed E-state index contributed by atoms with van der Waals surface area (Å²) < 4.78 is 0. The summed E-state index contributed by atoms with van der Waals surface area (Å²) in [5.74, 6) is 0. The first-order chi connectivity index (χ1) is 7.29. The molecule has 0 amide bonds. The SMILES string of the molecule is Cc1ccccc1N1CC2(CCNC2)C1. The lowest BCUT2D eigenvalue weighted by Gasteiger charge is -2.49. The Morgan fingerprint density at radius 2 is 2.07 bits per heavy atom. The van der Waals surface area contributed by atoms with Gasteiger partial charge in [0.25, 0.3) is 0 Å². The van der Waals surface area contributed by atoms with Crippen molar-refractivity contribution in [3.63, 3.8) is 0 Å². The minimum Gasteiger partial charge on any atom is -0.370 e. The van der Waals surface area contributed by atoms with Crippen molar-refractivity contribution in [1.29, 1.82) is 0 Å². The number of benzene rings is 1. The number of para-hydroxylation sites is 1. The first kappa shape index (κ1) is 9.22. The van der Waals surface area contributed by atoms with Crippen LogP contribution in [-0.2, 0) is 0 Å². The van der Waals surface area contributed by atoms with Crippen LogP contribution < -0.4 is 10.2 Å². The van der Waals surface area contributed by atoms with Gasteiger partial charge in [0, 0.05) is 30.7 Å². The van der Waals surface area contributed by atoms with Gasteiger partial charge in [0.1, 0.15) is 0 Å². The zero-order chi connectivity index (χ0) is 10.3.